The van der Waals surface area contributed by atoms with E-state index in [1.165, 1.54) is 48.9 Å². The first-order chi connectivity index (χ1) is 10.3. The second-order valence-corrected chi connectivity index (χ2v) is 6.61. The van der Waals surface area contributed by atoms with E-state index in [9.17, 15) is 0 Å². The van der Waals surface area contributed by atoms with Gasteiger partial charge in [0.25, 0.3) is 0 Å². The fourth-order valence-electron chi connectivity index (χ4n) is 4.22. The van der Waals surface area contributed by atoms with Crippen molar-refractivity contribution in [1.29, 1.82) is 0 Å². The van der Waals surface area contributed by atoms with Crippen molar-refractivity contribution in [2.45, 2.75) is 38.9 Å². The van der Waals surface area contributed by atoms with Crippen LogP contribution < -0.4 is 5.32 Å². The minimum absolute atomic E-state index is 0.735. The Kier molecular flexibility index (Phi) is 3.48. The number of rotatable bonds is 3. The number of likely N-dealkylation sites (tertiary alicyclic amines) is 1. The molecule has 0 bridgehead atoms. The van der Waals surface area contributed by atoms with Crippen LogP contribution in [0.3, 0.4) is 0 Å². The predicted molar refractivity (Wildman–Crippen MR) is 87.4 cm³/mol. The van der Waals surface area contributed by atoms with Crippen molar-refractivity contribution >= 4 is 10.9 Å². The maximum absolute atomic E-state index is 3.70. The summed E-state index contributed by atoms with van der Waals surface area (Å²) >= 11 is 0. The first kappa shape index (κ1) is 13.4. The third kappa shape index (κ3) is 2.39. The van der Waals surface area contributed by atoms with E-state index in [0.29, 0.717) is 0 Å². The number of nitrogens with zero attached hydrogens (tertiary/aromatic N) is 2. The average Bonchev–Trinajstić information content (AvgIpc) is 3.08. The molecule has 0 aliphatic carbocycles. The summed E-state index contributed by atoms with van der Waals surface area (Å²) in [6.07, 6.45) is 5.12. The highest BCUT2D eigenvalue weighted by Gasteiger charge is 2.34. The van der Waals surface area contributed by atoms with Gasteiger partial charge in [-0.15, -0.1) is 0 Å². The van der Waals surface area contributed by atoms with E-state index in [0.717, 1.165) is 25.0 Å². The van der Waals surface area contributed by atoms with Crippen molar-refractivity contribution in [3.8, 4) is 0 Å². The summed E-state index contributed by atoms with van der Waals surface area (Å²) in [6.45, 7) is 8.07. The lowest BCUT2D eigenvalue weighted by Crippen LogP contribution is -2.40. The van der Waals surface area contributed by atoms with E-state index < -0.39 is 0 Å². The predicted octanol–water partition coefficient (Wildman–Crippen LogP) is 2.85. The summed E-state index contributed by atoms with van der Waals surface area (Å²) in [5.41, 5.74) is 2.87. The van der Waals surface area contributed by atoms with Crippen molar-refractivity contribution in [3.05, 3.63) is 36.0 Å². The first-order valence-electron chi connectivity index (χ1n) is 8.37. The zero-order chi connectivity index (χ0) is 14.2. The molecular weight excluding hydrogens is 258 g/mol. The van der Waals surface area contributed by atoms with Crippen LogP contribution in [0.2, 0.25) is 0 Å². The van der Waals surface area contributed by atoms with E-state index in [2.05, 4.69) is 52.2 Å². The van der Waals surface area contributed by atoms with E-state index in [1.807, 2.05) is 0 Å². The van der Waals surface area contributed by atoms with Gasteiger partial charge in [0, 0.05) is 49.3 Å². The number of nitrogens with one attached hydrogen (secondary N) is 1. The van der Waals surface area contributed by atoms with Gasteiger partial charge in [-0.3, -0.25) is 4.90 Å². The van der Waals surface area contributed by atoms with Crippen LogP contribution in [-0.4, -0.2) is 35.1 Å². The Bertz CT molecular complexity index is 616. The number of para-hydroxylation sites is 1. The number of piperidine rings is 1. The molecule has 21 heavy (non-hydrogen) atoms. The molecule has 0 saturated carbocycles. The SMILES string of the molecule is CCn1cc(CN2CC3CCCNC3C2)c2ccccc21. The van der Waals surface area contributed by atoms with Gasteiger partial charge < -0.3 is 9.88 Å². The van der Waals surface area contributed by atoms with E-state index in [1.54, 1.807) is 0 Å². The second kappa shape index (κ2) is 5.47. The largest absolute Gasteiger partial charge is 0.347 e. The number of hydrogen-bond acceptors (Lipinski definition) is 2. The summed E-state index contributed by atoms with van der Waals surface area (Å²) < 4.78 is 2.38. The maximum Gasteiger partial charge on any atom is 0.0483 e. The minimum atomic E-state index is 0.735. The topological polar surface area (TPSA) is 20.2 Å². The van der Waals surface area contributed by atoms with Gasteiger partial charge in [0.15, 0.2) is 0 Å². The molecule has 2 saturated heterocycles. The van der Waals surface area contributed by atoms with Gasteiger partial charge in [-0.05, 0) is 43.9 Å². The van der Waals surface area contributed by atoms with Crippen LogP contribution in [0, 0.1) is 5.92 Å². The number of aryl methyl sites for hydroxylation is 1. The molecule has 2 atom stereocenters. The van der Waals surface area contributed by atoms with Crippen LogP contribution in [0.15, 0.2) is 30.5 Å². The normalized spacial score (nSPS) is 26.3. The van der Waals surface area contributed by atoms with Crippen molar-refractivity contribution in [1.82, 2.24) is 14.8 Å². The Hall–Kier alpha value is -1.32. The number of fused-ring (bicyclic) bond motifs is 2. The number of aromatic nitrogens is 1. The van der Waals surface area contributed by atoms with E-state index >= 15 is 0 Å². The smallest absolute Gasteiger partial charge is 0.0483 e. The fourth-order valence-corrected chi connectivity index (χ4v) is 4.22. The lowest BCUT2D eigenvalue weighted by atomic mass is 9.94. The van der Waals surface area contributed by atoms with Crippen molar-refractivity contribution in [3.63, 3.8) is 0 Å². The molecular formula is C18H25N3. The van der Waals surface area contributed by atoms with Crippen molar-refractivity contribution < 1.29 is 0 Å². The van der Waals surface area contributed by atoms with Crippen LogP contribution in [0.25, 0.3) is 10.9 Å². The molecule has 2 aliphatic rings. The molecule has 1 N–H and O–H groups in total. The van der Waals surface area contributed by atoms with Gasteiger partial charge in [0.2, 0.25) is 0 Å². The standard InChI is InChI=1S/C18H25N3/c1-2-21-12-15(16-7-3-4-8-18(16)21)11-20-10-14-6-5-9-19-17(14)13-20/h3-4,7-8,12,14,17,19H,2,5-6,9-11,13H2,1H3. The van der Waals surface area contributed by atoms with Crippen LogP contribution >= 0.6 is 0 Å². The Morgan fingerprint density at radius 1 is 1.24 bits per heavy atom. The van der Waals surface area contributed by atoms with Crippen LogP contribution in [0.5, 0.6) is 0 Å². The summed E-state index contributed by atoms with van der Waals surface area (Å²) in [6, 6.07) is 9.56. The molecule has 2 aromatic rings. The zero-order valence-electron chi connectivity index (χ0n) is 12.9. The highest BCUT2D eigenvalue weighted by molar-refractivity contribution is 5.83. The Balaban J connectivity index is 1.57. The molecule has 0 radical (unpaired) electrons. The van der Waals surface area contributed by atoms with Gasteiger partial charge in [-0.25, -0.2) is 0 Å². The Morgan fingerprint density at radius 2 is 2.14 bits per heavy atom. The molecule has 2 unspecified atom stereocenters. The average molecular weight is 283 g/mol. The van der Waals surface area contributed by atoms with Crippen molar-refractivity contribution in [2.75, 3.05) is 19.6 Å². The van der Waals surface area contributed by atoms with Crippen molar-refractivity contribution in [2.24, 2.45) is 5.92 Å². The van der Waals surface area contributed by atoms with E-state index in [4.69, 9.17) is 0 Å². The third-order valence-corrected chi connectivity index (χ3v) is 5.28. The van der Waals surface area contributed by atoms with E-state index in [-0.39, 0.29) is 0 Å². The van der Waals surface area contributed by atoms with Gasteiger partial charge in [0.05, 0.1) is 0 Å². The summed E-state index contributed by atoms with van der Waals surface area (Å²) in [5, 5.41) is 5.14. The molecule has 3 nitrogen and oxygen atoms in total. The lowest BCUT2D eigenvalue weighted by molar-refractivity contribution is 0.313. The molecule has 1 aromatic carbocycles. The molecule has 0 amide bonds. The zero-order valence-corrected chi connectivity index (χ0v) is 12.9. The van der Waals surface area contributed by atoms with Gasteiger partial charge in [-0.1, -0.05) is 18.2 Å². The minimum Gasteiger partial charge on any atom is -0.347 e. The Morgan fingerprint density at radius 3 is 3.00 bits per heavy atom. The number of hydrogen-bond donors (Lipinski definition) is 1. The summed E-state index contributed by atoms with van der Waals surface area (Å²) in [7, 11) is 0. The fraction of sp³-hybridized carbons (Fsp3) is 0.556. The quantitative estimate of drug-likeness (QED) is 0.934. The molecule has 2 aliphatic heterocycles. The van der Waals surface area contributed by atoms with Gasteiger partial charge in [-0.2, -0.15) is 0 Å². The molecule has 1 aromatic heterocycles. The van der Waals surface area contributed by atoms with Crippen LogP contribution in [-0.2, 0) is 13.1 Å². The molecule has 4 rings (SSSR count). The van der Waals surface area contributed by atoms with Crippen LogP contribution in [0.1, 0.15) is 25.3 Å². The lowest BCUT2D eigenvalue weighted by Gasteiger charge is -2.24. The molecule has 3 heteroatoms. The monoisotopic (exact) mass is 283 g/mol. The van der Waals surface area contributed by atoms with Crippen LogP contribution in [0.4, 0.5) is 0 Å². The first-order valence-corrected chi connectivity index (χ1v) is 8.37. The van der Waals surface area contributed by atoms with Gasteiger partial charge >= 0.3 is 0 Å². The second-order valence-electron chi connectivity index (χ2n) is 6.61. The molecule has 0 spiro atoms. The Labute approximate surface area is 126 Å². The third-order valence-electron chi connectivity index (χ3n) is 5.28. The summed E-state index contributed by atoms with van der Waals surface area (Å²) in [4.78, 5) is 2.65. The number of benzene rings is 1. The molecule has 3 heterocycles. The maximum atomic E-state index is 3.70. The van der Waals surface area contributed by atoms with Gasteiger partial charge in [0.1, 0.15) is 0 Å². The summed E-state index contributed by atoms with van der Waals surface area (Å²) in [5.74, 6) is 0.873. The molecule has 112 valence electrons. The highest BCUT2D eigenvalue weighted by Crippen LogP contribution is 2.28. The highest BCUT2D eigenvalue weighted by atomic mass is 15.2. The molecule has 2 fully saturated rings.